The molecule has 92 valence electrons. The highest BCUT2D eigenvalue weighted by atomic mass is 14.8. The van der Waals surface area contributed by atoms with Crippen molar-refractivity contribution in [1.82, 2.24) is 0 Å². The molecule has 0 saturated carbocycles. The summed E-state index contributed by atoms with van der Waals surface area (Å²) in [7, 11) is 0. The van der Waals surface area contributed by atoms with Crippen molar-refractivity contribution in [3.8, 4) is 0 Å². The van der Waals surface area contributed by atoms with Gasteiger partial charge in [-0.25, -0.2) is 0 Å². The first-order chi connectivity index (χ1) is 8.84. The molecule has 2 heteroatoms. The van der Waals surface area contributed by atoms with Crippen LogP contribution in [0.1, 0.15) is 11.1 Å². The fourth-order valence-corrected chi connectivity index (χ4v) is 1.83. The summed E-state index contributed by atoms with van der Waals surface area (Å²) in [5, 5.41) is 0. The van der Waals surface area contributed by atoms with Crippen LogP contribution in [-0.2, 0) is 12.8 Å². The molecule has 0 radical (unpaired) electrons. The van der Waals surface area contributed by atoms with Crippen LogP contribution in [0.3, 0.4) is 0 Å². The molecule has 18 heavy (non-hydrogen) atoms. The second kappa shape index (κ2) is 6.60. The predicted molar refractivity (Wildman–Crippen MR) is 76.8 cm³/mol. The maximum atomic E-state index is 5.92. The third-order valence-electron chi connectivity index (χ3n) is 2.79. The zero-order chi connectivity index (χ0) is 12.6. The van der Waals surface area contributed by atoms with Gasteiger partial charge in [0, 0.05) is 13.0 Å². The number of hydrogen-bond donors (Lipinski definition) is 1. The van der Waals surface area contributed by atoms with Gasteiger partial charge in [-0.15, -0.1) is 0 Å². The predicted octanol–water partition coefficient (Wildman–Crippen LogP) is 2.83. The summed E-state index contributed by atoms with van der Waals surface area (Å²) in [6.07, 6.45) is 1.67. The van der Waals surface area contributed by atoms with E-state index in [-0.39, 0.29) is 0 Å². The van der Waals surface area contributed by atoms with E-state index in [2.05, 4.69) is 29.3 Å². The molecule has 0 aliphatic rings. The standard InChI is InChI=1S/C16H18N2/c17-16(13-15-9-5-2-6-10-15)18-12-11-14-7-3-1-4-8-14/h1-10H,11-13H2,(H2,17,18). The summed E-state index contributed by atoms with van der Waals surface area (Å²) in [6, 6.07) is 20.5. The van der Waals surface area contributed by atoms with Gasteiger partial charge in [-0.05, 0) is 17.5 Å². The van der Waals surface area contributed by atoms with Crippen LogP contribution in [-0.4, -0.2) is 12.4 Å². The Labute approximate surface area is 108 Å². The lowest BCUT2D eigenvalue weighted by Crippen LogP contribution is -2.15. The van der Waals surface area contributed by atoms with E-state index in [0.29, 0.717) is 5.84 Å². The summed E-state index contributed by atoms with van der Waals surface area (Å²) >= 11 is 0. The smallest absolute Gasteiger partial charge is 0.0981 e. The molecule has 0 spiro atoms. The molecule has 0 amide bonds. The van der Waals surface area contributed by atoms with Gasteiger partial charge in [-0.3, -0.25) is 4.99 Å². The lowest BCUT2D eigenvalue weighted by Gasteiger charge is -2.02. The molecule has 0 unspecified atom stereocenters. The van der Waals surface area contributed by atoms with Crippen molar-refractivity contribution in [3.63, 3.8) is 0 Å². The summed E-state index contributed by atoms with van der Waals surface area (Å²) in [6.45, 7) is 0.753. The van der Waals surface area contributed by atoms with Gasteiger partial charge in [0.1, 0.15) is 0 Å². The monoisotopic (exact) mass is 238 g/mol. The third kappa shape index (κ3) is 4.06. The van der Waals surface area contributed by atoms with Gasteiger partial charge in [-0.2, -0.15) is 0 Å². The van der Waals surface area contributed by atoms with Gasteiger partial charge in [0.25, 0.3) is 0 Å². The average molecular weight is 238 g/mol. The third-order valence-corrected chi connectivity index (χ3v) is 2.79. The van der Waals surface area contributed by atoms with E-state index in [1.54, 1.807) is 0 Å². The van der Waals surface area contributed by atoms with Crippen LogP contribution in [0.4, 0.5) is 0 Å². The van der Waals surface area contributed by atoms with Crippen LogP contribution >= 0.6 is 0 Å². The van der Waals surface area contributed by atoms with E-state index in [9.17, 15) is 0 Å². The van der Waals surface area contributed by atoms with Crippen LogP contribution in [0.2, 0.25) is 0 Å². The fourth-order valence-electron chi connectivity index (χ4n) is 1.83. The topological polar surface area (TPSA) is 38.4 Å². The van der Waals surface area contributed by atoms with Gasteiger partial charge >= 0.3 is 0 Å². The van der Waals surface area contributed by atoms with Crippen molar-refractivity contribution in [2.75, 3.05) is 6.54 Å². The Kier molecular flexibility index (Phi) is 4.53. The molecule has 0 heterocycles. The van der Waals surface area contributed by atoms with E-state index in [1.807, 2.05) is 36.4 Å². The first-order valence-corrected chi connectivity index (χ1v) is 6.21. The maximum Gasteiger partial charge on any atom is 0.0981 e. The first-order valence-electron chi connectivity index (χ1n) is 6.21. The minimum absolute atomic E-state index is 0.706. The summed E-state index contributed by atoms with van der Waals surface area (Å²) in [4.78, 5) is 4.41. The van der Waals surface area contributed by atoms with Crippen LogP contribution < -0.4 is 5.73 Å². The highest BCUT2D eigenvalue weighted by Crippen LogP contribution is 2.01. The Bertz CT molecular complexity index is 489. The number of benzene rings is 2. The van der Waals surface area contributed by atoms with Crippen LogP contribution in [0, 0.1) is 0 Å². The minimum atomic E-state index is 0.706. The van der Waals surface area contributed by atoms with E-state index in [4.69, 9.17) is 5.73 Å². The Balaban J connectivity index is 1.83. The number of rotatable bonds is 5. The Morgan fingerprint density at radius 2 is 1.39 bits per heavy atom. The summed E-state index contributed by atoms with van der Waals surface area (Å²) in [5.41, 5.74) is 8.43. The molecule has 0 fully saturated rings. The van der Waals surface area contributed by atoms with Crippen molar-refractivity contribution >= 4 is 5.84 Å². The highest BCUT2D eigenvalue weighted by Gasteiger charge is 1.96. The van der Waals surface area contributed by atoms with Crippen LogP contribution in [0.5, 0.6) is 0 Å². The highest BCUT2D eigenvalue weighted by molar-refractivity contribution is 5.82. The largest absolute Gasteiger partial charge is 0.387 e. The molecule has 0 aliphatic heterocycles. The van der Waals surface area contributed by atoms with Crippen molar-refractivity contribution in [2.24, 2.45) is 10.7 Å². The second-order valence-corrected chi connectivity index (χ2v) is 4.27. The van der Waals surface area contributed by atoms with Crippen molar-refractivity contribution in [1.29, 1.82) is 0 Å². The van der Waals surface area contributed by atoms with Crippen molar-refractivity contribution < 1.29 is 0 Å². The Morgan fingerprint density at radius 1 is 0.833 bits per heavy atom. The average Bonchev–Trinajstić information content (AvgIpc) is 2.41. The van der Waals surface area contributed by atoms with Gasteiger partial charge in [0.05, 0.1) is 5.84 Å². The fraction of sp³-hybridized carbons (Fsp3) is 0.188. The molecule has 0 atom stereocenters. The quantitative estimate of drug-likeness (QED) is 0.631. The van der Waals surface area contributed by atoms with Gasteiger partial charge in [0.15, 0.2) is 0 Å². The molecule has 2 rings (SSSR count). The van der Waals surface area contributed by atoms with E-state index in [1.165, 1.54) is 11.1 Å². The molecule has 2 N–H and O–H groups in total. The zero-order valence-electron chi connectivity index (χ0n) is 10.4. The Morgan fingerprint density at radius 3 is 2.00 bits per heavy atom. The van der Waals surface area contributed by atoms with Gasteiger partial charge in [0.2, 0.25) is 0 Å². The van der Waals surface area contributed by atoms with Crippen LogP contribution in [0.25, 0.3) is 0 Å². The molecule has 0 aromatic heterocycles. The van der Waals surface area contributed by atoms with E-state index in [0.717, 1.165) is 19.4 Å². The molecule has 2 nitrogen and oxygen atoms in total. The first kappa shape index (κ1) is 12.4. The van der Waals surface area contributed by atoms with Crippen LogP contribution in [0.15, 0.2) is 65.7 Å². The molecule has 2 aromatic carbocycles. The Hall–Kier alpha value is -2.09. The zero-order valence-corrected chi connectivity index (χ0v) is 10.4. The van der Waals surface area contributed by atoms with Gasteiger partial charge < -0.3 is 5.73 Å². The molecule has 2 aromatic rings. The number of amidine groups is 1. The second-order valence-electron chi connectivity index (χ2n) is 4.27. The lowest BCUT2D eigenvalue weighted by atomic mass is 10.1. The minimum Gasteiger partial charge on any atom is -0.387 e. The van der Waals surface area contributed by atoms with E-state index >= 15 is 0 Å². The number of hydrogen-bond acceptors (Lipinski definition) is 1. The normalized spacial score (nSPS) is 11.4. The lowest BCUT2D eigenvalue weighted by molar-refractivity contribution is 0.958. The van der Waals surface area contributed by atoms with Gasteiger partial charge in [-0.1, -0.05) is 60.7 Å². The summed E-state index contributed by atoms with van der Waals surface area (Å²) in [5.74, 6) is 0.706. The SMILES string of the molecule is NC(Cc1ccccc1)=NCCc1ccccc1. The molecular weight excluding hydrogens is 220 g/mol. The number of aliphatic imine (C=N–C) groups is 1. The number of nitrogens with zero attached hydrogens (tertiary/aromatic N) is 1. The molecule has 0 aliphatic carbocycles. The maximum absolute atomic E-state index is 5.92. The molecule has 0 saturated heterocycles. The van der Waals surface area contributed by atoms with Crippen molar-refractivity contribution in [3.05, 3.63) is 71.8 Å². The van der Waals surface area contributed by atoms with Crippen molar-refractivity contribution in [2.45, 2.75) is 12.8 Å². The molecule has 0 bridgehead atoms. The van der Waals surface area contributed by atoms with E-state index < -0.39 is 0 Å². The molecular formula is C16H18N2. The summed E-state index contributed by atoms with van der Waals surface area (Å²) < 4.78 is 0. The number of nitrogens with two attached hydrogens (primary N) is 1.